The number of aliphatic carboxylic acids is 1. The third-order valence-electron chi connectivity index (χ3n) is 4.75. The van der Waals surface area contributed by atoms with Crippen molar-refractivity contribution in [2.45, 2.75) is 44.7 Å². The zero-order valence-electron chi connectivity index (χ0n) is 14.1. The Bertz CT molecular complexity index is 469. The Morgan fingerprint density at radius 3 is 2.61 bits per heavy atom. The molecule has 1 heterocycles. The van der Waals surface area contributed by atoms with Crippen molar-refractivity contribution >= 4 is 18.4 Å². The van der Waals surface area contributed by atoms with Crippen LogP contribution in [0.3, 0.4) is 0 Å². The predicted octanol–water partition coefficient (Wildman–Crippen LogP) is 3.43. The fraction of sp³-hybridized carbons (Fsp3) is 0.611. The van der Waals surface area contributed by atoms with Crippen LogP contribution in [-0.4, -0.2) is 53.6 Å². The summed E-state index contributed by atoms with van der Waals surface area (Å²) < 4.78 is 0. The van der Waals surface area contributed by atoms with Gasteiger partial charge in [0.1, 0.15) is 0 Å². The maximum atomic E-state index is 10.9. The molecule has 0 aliphatic carbocycles. The lowest BCUT2D eigenvalue weighted by Crippen LogP contribution is -2.37. The van der Waals surface area contributed by atoms with E-state index in [0.29, 0.717) is 12.1 Å². The van der Waals surface area contributed by atoms with Gasteiger partial charge in [-0.25, -0.2) is 0 Å². The van der Waals surface area contributed by atoms with E-state index in [-0.39, 0.29) is 19.0 Å². The first-order valence-corrected chi connectivity index (χ1v) is 8.32. The van der Waals surface area contributed by atoms with Crippen molar-refractivity contribution in [2.24, 2.45) is 0 Å². The molecule has 4 nitrogen and oxygen atoms in total. The molecule has 1 N–H and O–H groups in total. The van der Waals surface area contributed by atoms with E-state index < -0.39 is 5.97 Å². The van der Waals surface area contributed by atoms with Crippen molar-refractivity contribution in [3.8, 4) is 0 Å². The number of hydrogen-bond acceptors (Lipinski definition) is 3. The third kappa shape index (κ3) is 5.79. The topological polar surface area (TPSA) is 43.8 Å². The van der Waals surface area contributed by atoms with E-state index in [1.165, 1.54) is 5.56 Å². The highest BCUT2D eigenvalue weighted by Gasteiger charge is 2.25. The Kier molecular flexibility index (Phi) is 8.59. The molecule has 0 amide bonds. The largest absolute Gasteiger partial charge is 0.480 e. The normalized spacial score (nSPS) is 20.6. The molecule has 1 fully saturated rings. The molecule has 0 radical (unpaired) electrons. The lowest BCUT2D eigenvalue weighted by Gasteiger charge is -2.31. The highest BCUT2D eigenvalue weighted by Crippen LogP contribution is 2.27. The fourth-order valence-electron chi connectivity index (χ4n) is 3.58. The number of benzene rings is 1. The summed E-state index contributed by atoms with van der Waals surface area (Å²) in [6, 6.07) is 11.6. The Morgan fingerprint density at radius 1 is 1.30 bits per heavy atom. The molecule has 1 aliphatic rings. The Hall–Kier alpha value is -1.10. The zero-order chi connectivity index (χ0) is 15.9. The minimum absolute atomic E-state index is 0. The lowest BCUT2D eigenvalue weighted by molar-refractivity contribution is -0.138. The molecule has 1 aromatic carbocycles. The van der Waals surface area contributed by atoms with Gasteiger partial charge >= 0.3 is 5.97 Å². The van der Waals surface area contributed by atoms with Crippen LogP contribution < -0.4 is 0 Å². The van der Waals surface area contributed by atoms with Crippen molar-refractivity contribution in [1.29, 1.82) is 0 Å². The van der Waals surface area contributed by atoms with E-state index in [4.69, 9.17) is 5.11 Å². The number of rotatable bonds is 6. The van der Waals surface area contributed by atoms with Crippen LogP contribution in [0.15, 0.2) is 30.3 Å². The van der Waals surface area contributed by atoms with Crippen LogP contribution >= 0.6 is 12.4 Å². The molecule has 2 atom stereocenters. The van der Waals surface area contributed by atoms with Gasteiger partial charge < -0.3 is 5.11 Å². The summed E-state index contributed by atoms with van der Waals surface area (Å²) in [6.07, 6.45) is 4.39. The van der Waals surface area contributed by atoms with Crippen LogP contribution in [0.25, 0.3) is 0 Å². The van der Waals surface area contributed by atoms with Gasteiger partial charge in [0.05, 0.1) is 6.54 Å². The van der Waals surface area contributed by atoms with Gasteiger partial charge in [-0.1, -0.05) is 37.3 Å². The molecule has 2 unspecified atom stereocenters. The van der Waals surface area contributed by atoms with Gasteiger partial charge in [-0.3, -0.25) is 14.6 Å². The van der Waals surface area contributed by atoms with Gasteiger partial charge in [-0.15, -0.1) is 12.4 Å². The minimum Gasteiger partial charge on any atom is -0.480 e. The monoisotopic (exact) mass is 340 g/mol. The third-order valence-corrected chi connectivity index (χ3v) is 4.75. The summed E-state index contributed by atoms with van der Waals surface area (Å²) in [5, 5.41) is 8.96. The predicted molar refractivity (Wildman–Crippen MR) is 96.2 cm³/mol. The molecule has 5 heteroatoms. The number of carboxylic acids is 1. The first-order valence-electron chi connectivity index (χ1n) is 8.32. The summed E-state index contributed by atoms with van der Waals surface area (Å²) in [6.45, 7) is 4.53. The molecule has 1 aromatic rings. The van der Waals surface area contributed by atoms with Crippen LogP contribution in [0, 0.1) is 0 Å². The van der Waals surface area contributed by atoms with Gasteiger partial charge in [-0.05, 0) is 44.8 Å². The smallest absolute Gasteiger partial charge is 0.317 e. The van der Waals surface area contributed by atoms with Crippen LogP contribution in [-0.2, 0) is 4.79 Å². The Morgan fingerprint density at radius 2 is 2.00 bits per heavy atom. The highest BCUT2D eigenvalue weighted by atomic mass is 35.5. The number of likely N-dealkylation sites (N-methyl/N-ethyl adjacent to an activating group) is 1. The average molecular weight is 341 g/mol. The maximum absolute atomic E-state index is 10.9. The zero-order valence-corrected chi connectivity index (χ0v) is 15.0. The summed E-state index contributed by atoms with van der Waals surface area (Å²) in [7, 11) is 1.93. The van der Waals surface area contributed by atoms with E-state index in [2.05, 4.69) is 42.2 Å². The summed E-state index contributed by atoms with van der Waals surface area (Å²) in [4.78, 5) is 15.5. The van der Waals surface area contributed by atoms with Crippen molar-refractivity contribution in [3.05, 3.63) is 35.9 Å². The SMILES string of the molecule is CCC(c1ccccc1)N1CCCC(N(C)CC(=O)O)CC1.Cl. The second-order valence-electron chi connectivity index (χ2n) is 6.26. The average Bonchev–Trinajstić information content (AvgIpc) is 2.75. The molecule has 2 rings (SSSR count). The molecule has 1 saturated heterocycles. The van der Waals surface area contributed by atoms with Crippen molar-refractivity contribution in [3.63, 3.8) is 0 Å². The second kappa shape index (κ2) is 9.91. The molecule has 0 aromatic heterocycles. The van der Waals surface area contributed by atoms with Crippen LogP contribution in [0.4, 0.5) is 0 Å². The summed E-state index contributed by atoms with van der Waals surface area (Å²) in [5.41, 5.74) is 1.39. The molecular formula is C18H29ClN2O2. The van der Waals surface area contributed by atoms with Crippen molar-refractivity contribution in [2.75, 3.05) is 26.7 Å². The van der Waals surface area contributed by atoms with Crippen molar-refractivity contribution < 1.29 is 9.90 Å². The number of carboxylic acid groups (broad SMARTS) is 1. The standard InChI is InChI=1S/C18H28N2O2.ClH/c1-3-17(15-8-5-4-6-9-15)20-12-7-10-16(11-13-20)19(2)14-18(21)22;/h4-6,8-9,16-17H,3,7,10-14H2,1-2H3,(H,21,22);1H. The quantitative estimate of drug-likeness (QED) is 0.861. The van der Waals surface area contributed by atoms with Gasteiger partial charge in [0, 0.05) is 18.6 Å². The molecule has 0 saturated carbocycles. The molecule has 23 heavy (non-hydrogen) atoms. The highest BCUT2D eigenvalue weighted by molar-refractivity contribution is 5.85. The Labute approximate surface area is 145 Å². The minimum atomic E-state index is -0.737. The molecule has 0 spiro atoms. The van der Waals surface area contributed by atoms with E-state index in [0.717, 1.165) is 38.8 Å². The maximum Gasteiger partial charge on any atom is 0.317 e. The van der Waals surface area contributed by atoms with E-state index in [1.807, 2.05) is 11.9 Å². The van der Waals surface area contributed by atoms with Crippen LogP contribution in [0.2, 0.25) is 0 Å². The number of likely N-dealkylation sites (tertiary alicyclic amines) is 1. The van der Waals surface area contributed by atoms with Crippen LogP contribution in [0.1, 0.15) is 44.2 Å². The summed E-state index contributed by atoms with van der Waals surface area (Å²) in [5.74, 6) is -0.737. The molecule has 130 valence electrons. The number of carbonyl (C=O) groups is 1. The van der Waals surface area contributed by atoms with Gasteiger partial charge in [0.2, 0.25) is 0 Å². The Balaban J connectivity index is 0.00000264. The fourth-order valence-corrected chi connectivity index (χ4v) is 3.58. The molecule has 1 aliphatic heterocycles. The number of hydrogen-bond donors (Lipinski definition) is 1. The van der Waals surface area contributed by atoms with Crippen LogP contribution in [0.5, 0.6) is 0 Å². The number of halogens is 1. The van der Waals surface area contributed by atoms with Gasteiger partial charge in [0.15, 0.2) is 0 Å². The lowest BCUT2D eigenvalue weighted by atomic mass is 10.0. The van der Waals surface area contributed by atoms with E-state index in [9.17, 15) is 4.79 Å². The molecular weight excluding hydrogens is 312 g/mol. The number of nitrogens with zero attached hydrogens (tertiary/aromatic N) is 2. The first-order chi connectivity index (χ1) is 10.6. The van der Waals surface area contributed by atoms with Gasteiger partial charge in [-0.2, -0.15) is 0 Å². The molecule has 0 bridgehead atoms. The summed E-state index contributed by atoms with van der Waals surface area (Å²) >= 11 is 0. The van der Waals surface area contributed by atoms with Crippen molar-refractivity contribution in [1.82, 2.24) is 9.80 Å². The second-order valence-corrected chi connectivity index (χ2v) is 6.26. The van der Waals surface area contributed by atoms with Gasteiger partial charge in [0.25, 0.3) is 0 Å². The first kappa shape index (κ1) is 19.9. The van der Waals surface area contributed by atoms with E-state index >= 15 is 0 Å². The van der Waals surface area contributed by atoms with E-state index in [1.54, 1.807) is 0 Å².